The number of unbranched alkanes of at least 4 members (excludes halogenated alkanes) is 23. The van der Waals surface area contributed by atoms with Gasteiger partial charge in [-0.25, -0.2) is 0 Å². The van der Waals surface area contributed by atoms with Crippen molar-refractivity contribution in [1.29, 1.82) is 0 Å². The van der Waals surface area contributed by atoms with Crippen LogP contribution in [0.25, 0.3) is 0 Å². The lowest BCUT2D eigenvalue weighted by Crippen LogP contribution is -2.46. The molecule has 0 aromatic carbocycles. The van der Waals surface area contributed by atoms with Crippen molar-refractivity contribution in [1.82, 2.24) is 5.32 Å². The van der Waals surface area contributed by atoms with Crippen molar-refractivity contribution in [2.24, 2.45) is 0 Å². The maximum Gasteiger partial charge on any atom is 0.306 e. The molecule has 6 nitrogen and oxygen atoms in total. The van der Waals surface area contributed by atoms with Gasteiger partial charge in [-0.05, 0) is 51.4 Å². The topological polar surface area (TPSA) is 95.9 Å². The summed E-state index contributed by atoms with van der Waals surface area (Å²) >= 11 is 0. The summed E-state index contributed by atoms with van der Waals surface area (Å²) in [6, 6.07) is -0.698. The molecular weight excluding hydrogens is 634 g/mol. The van der Waals surface area contributed by atoms with Crippen LogP contribution in [0.4, 0.5) is 0 Å². The predicted octanol–water partition coefficient (Wildman–Crippen LogP) is 12.4. The smallest absolute Gasteiger partial charge is 0.306 e. The molecule has 0 radical (unpaired) electrons. The summed E-state index contributed by atoms with van der Waals surface area (Å²) in [5, 5.41) is 23.6. The monoisotopic (exact) mass is 720 g/mol. The van der Waals surface area contributed by atoms with Crippen LogP contribution in [0.15, 0.2) is 24.3 Å². The summed E-state index contributed by atoms with van der Waals surface area (Å²) in [7, 11) is 0. The molecule has 0 aromatic heterocycles. The molecule has 0 aliphatic rings. The largest absolute Gasteiger partial charge is 0.462 e. The van der Waals surface area contributed by atoms with Crippen LogP contribution in [0.2, 0.25) is 0 Å². The van der Waals surface area contributed by atoms with Crippen LogP contribution in [0.1, 0.15) is 226 Å². The van der Waals surface area contributed by atoms with E-state index in [1.54, 1.807) is 0 Å². The van der Waals surface area contributed by atoms with Crippen molar-refractivity contribution in [2.75, 3.05) is 6.61 Å². The van der Waals surface area contributed by atoms with Crippen molar-refractivity contribution in [3.8, 4) is 0 Å². The molecule has 0 spiro atoms. The number of amides is 1. The van der Waals surface area contributed by atoms with E-state index in [1.165, 1.54) is 103 Å². The summed E-state index contributed by atoms with van der Waals surface area (Å²) in [5.74, 6) is -0.486. The van der Waals surface area contributed by atoms with Gasteiger partial charge in [-0.1, -0.05) is 186 Å². The lowest BCUT2D eigenvalue weighted by Gasteiger charge is -2.24. The number of carbonyl (C=O) groups excluding carboxylic acids is 2. The van der Waals surface area contributed by atoms with E-state index in [4.69, 9.17) is 4.74 Å². The second-order valence-electron chi connectivity index (χ2n) is 15.1. The molecule has 3 N–H and O–H groups in total. The minimum absolute atomic E-state index is 0.0719. The van der Waals surface area contributed by atoms with E-state index >= 15 is 0 Å². The van der Waals surface area contributed by atoms with Gasteiger partial charge >= 0.3 is 5.97 Å². The number of aliphatic hydroxyl groups excluding tert-OH is 2. The molecule has 0 fully saturated rings. The molecular formula is C45H85NO5. The van der Waals surface area contributed by atoms with Crippen molar-refractivity contribution in [3.63, 3.8) is 0 Å². The van der Waals surface area contributed by atoms with Crippen molar-refractivity contribution in [3.05, 3.63) is 24.3 Å². The van der Waals surface area contributed by atoms with Gasteiger partial charge in [0.25, 0.3) is 0 Å². The fraction of sp³-hybridized carbons (Fsp3) is 0.867. The Balaban J connectivity index is 4.59. The Morgan fingerprint density at radius 2 is 1.06 bits per heavy atom. The molecule has 6 heteroatoms. The number of rotatable bonds is 39. The zero-order chi connectivity index (χ0) is 37.5. The molecule has 1 amide bonds. The van der Waals surface area contributed by atoms with Gasteiger partial charge in [0.05, 0.1) is 25.2 Å². The third-order valence-electron chi connectivity index (χ3n) is 10.0. The van der Waals surface area contributed by atoms with Crippen LogP contribution in [0, 0.1) is 0 Å². The van der Waals surface area contributed by atoms with Gasteiger partial charge in [-0.15, -0.1) is 0 Å². The molecule has 0 saturated carbocycles. The molecule has 0 bridgehead atoms. The highest BCUT2D eigenvalue weighted by Crippen LogP contribution is 2.17. The van der Waals surface area contributed by atoms with Crippen molar-refractivity contribution in [2.45, 2.75) is 244 Å². The average molecular weight is 720 g/mol. The second kappa shape index (κ2) is 39.5. The minimum atomic E-state index is -0.784. The van der Waals surface area contributed by atoms with Crippen molar-refractivity contribution < 1.29 is 24.5 Å². The van der Waals surface area contributed by atoms with E-state index in [1.807, 2.05) is 0 Å². The molecule has 0 aromatic rings. The zero-order valence-corrected chi connectivity index (χ0v) is 34.0. The van der Waals surface area contributed by atoms with Crippen molar-refractivity contribution >= 4 is 11.9 Å². The van der Waals surface area contributed by atoms with Crippen LogP contribution in [0.5, 0.6) is 0 Å². The molecule has 3 unspecified atom stereocenters. The Hall–Kier alpha value is -1.66. The number of aliphatic hydroxyl groups is 2. The SMILES string of the molecule is CC/C=C/C/C=C/CCCCCCCC(CC(=O)NC(CO)C(O)CCCCCCCCCCCCC)OC(=O)CCCCCCCCCCC. The third-order valence-corrected chi connectivity index (χ3v) is 10.0. The summed E-state index contributed by atoms with van der Waals surface area (Å²) in [5.41, 5.74) is 0. The van der Waals surface area contributed by atoms with Gasteiger partial charge in [0.1, 0.15) is 6.10 Å². The number of hydrogen-bond acceptors (Lipinski definition) is 5. The molecule has 51 heavy (non-hydrogen) atoms. The second-order valence-corrected chi connectivity index (χ2v) is 15.1. The first kappa shape index (κ1) is 49.3. The fourth-order valence-corrected chi connectivity index (χ4v) is 6.70. The fourth-order valence-electron chi connectivity index (χ4n) is 6.70. The molecule has 300 valence electrons. The Morgan fingerprint density at radius 1 is 0.588 bits per heavy atom. The van der Waals surface area contributed by atoms with Crippen LogP contribution in [-0.4, -0.2) is 46.9 Å². The van der Waals surface area contributed by atoms with E-state index in [0.717, 1.165) is 77.0 Å². The summed E-state index contributed by atoms with van der Waals surface area (Å²) < 4.78 is 5.87. The quantitative estimate of drug-likeness (QED) is 0.0334. The van der Waals surface area contributed by atoms with Gasteiger partial charge in [0, 0.05) is 6.42 Å². The summed E-state index contributed by atoms with van der Waals surface area (Å²) in [4.78, 5) is 25.9. The molecule has 0 saturated heterocycles. The highest BCUT2D eigenvalue weighted by molar-refractivity contribution is 5.77. The first-order valence-electron chi connectivity index (χ1n) is 22.1. The standard InChI is InChI=1S/C45H85NO5/c1-4-7-10-13-16-19-21-23-25-27-30-33-36-41(51-45(50)38-35-32-29-24-18-15-12-9-6-3)39-44(49)46-42(40-47)43(48)37-34-31-28-26-22-20-17-14-11-8-5-2/h7,10,16,19,41-43,47-48H,4-6,8-9,11-15,17-18,20-40H2,1-3H3,(H,46,49)/b10-7+,19-16+. The first-order chi connectivity index (χ1) is 25.0. The maximum absolute atomic E-state index is 13.1. The van der Waals surface area contributed by atoms with E-state index in [0.29, 0.717) is 19.3 Å². The number of esters is 1. The van der Waals surface area contributed by atoms with Crippen LogP contribution in [-0.2, 0) is 14.3 Å². The molecule has 0 aliphatic heterocycles. The van der Waals surface area contributed by atoms with Gasteiger partial charge in [0.15, 0.2) is 0 Å². The van der Waals surface area contributed by atoms with Crippen LogP contribution in [0.3, 0.4) is 0 Å². The molecule has 3 atom stereocenters. The lowest BCUT2D eigenvalue weighted by molar-refractivity contribution is -0.151. The number of nitrogens with one attached hydrogen (secondary N) is 1. The van der Waals surface area contributed by atoms with E-state index in [2.05, 4.69) is 50.4 Å². The van der Waals surface area contributed by atoms with E-state index < -0.39 is 18.2 Å². The third kappa shape index (κ3) is 35.2. The van der Waals surface area contributed by atoms with Gasteiger partial charge in [-0.3, -0.25) is 9.59 Å². The van der Waals surface area contributed by atoms with Gasteiger partial charge in [0.2, 0.25) is 5.91 Å². The minimum Gasteiger partial charge on any atom is -0.462 e. The molecule has 0 heterocycles. The number of carbonyl (C=O) groups is 2. The highest BCUT2D eigenvalue weighted by atomic mass is 16.5. The average Bonchev–Trinajstić information content (AvgIpc) is 3.12. The normalized spacial score (nSPS) is 13.6. The zero-order valence-electron chi connectivity index (χ0n) is 34.0. The number of ether oxygens (including phenoxy) is 1. The number of allylic oxidation sites excluding steroid dienone is 4. The lowest BCUT2D eigenvalue weighted by atomic mass is 10.0. The summed E-state index contributed by atoms with van der Waals surface area (Å²) in [6.45, 7) is 6.33. The Morgan fingerprint density at radius 3 is 1.59 bits per heavy atom. The Bertz CT molecular complexity index is 812. The predicted molar refractivity (Wildman–Crippen MR) is 218 cm³/mol. The summed E-state index contributed by atoms with van der Waals surface area (Å²) in [6.07, 6.45) is 42.4. The highest BCUT2D eigenvalue weighted by Gasteiger charge is 2.24. The molecule has 0 aliphatic carbocycles. The van der Waals surface area contributed by atoms with Gasteiger partial charge in [-0.2, -0.15) is 0 Å². The number of hydrogen-bond donors (Lipinski definition) is 3. The Labute approximate surface area is 316 Å². The first-order valence-corrected chi connectivity index (χ1v) is 22.1. The maximum atomic E-state index is 13.1. The van der Waals surface area contributed by atoms with E-state index in [-0.39, 0.29) is 24.9 Å². The van der Waals surface area contributed by atoms with Crippen LogP contribution >= 0.6 is 0 Å². The van der Waals surface area contributed by atoms with Crippen LogP contribution < -0.4 is 5.32 Å². The van der Waals surface area contributed by atoms with Gasteiger partial charge < -0.3 is 20.3 Å². The molecule has 0 rings (SSSR count). The Kier molecular flexibility index (Phi) is 38.3. The van der Waals surface area contributed by atoms with E-state index in [9.17, 15) is 19.8 Å².